The molecule has 0 aliphatic heterocycles. The van der Waals surface area contributed by atoms with Gasteiger partial charge in [0.05, 0.1) is 5.56 Å². The first-order chi connectivity index (χ1) is 8.36. The molecule has 0 aliphatic rings. The molecular formula is C10H4Cl2F3N3. The molecular weight excluding hydrogens is 290 g/mol. The number of rotatable bonds is 1. The third-order valence-corrected chi connectivity index (χ3v) is 2.37. The molecule has 0 N–H and O–H groups in total. The summed E-state index contributed by atoms with van der Waals surface area (Å²) in [4.78, 5) is 11.0. The smallest absolute Gasteiger partial charge is 0.198 e. The van der Waals surface area contributed by atoms with Gasteiger partial charge in [0.1, 0.15) is 0 Å². The summed E-state index contributed by atoms with van der Waals surface area (Å²) >= 11 is 11.1. The Morgan fingerprint density at radius 1 is 0.944 bits per heavy atom. The second-order valence-corrected chi connectivity index (χ2v) is 3.95. The van der Waals surface area contributed by atoms with Gasteiger partial charge in [0, 0.05) is 5.56 Å². The Labute approximate surface area is 110 Å². The van der Waals surface area contributed by atoms with E-state index in [0.29, 0.717) is 0 Å². The van der Waals surface area contributed by atoms with Crippen LogP contribution in [0, 0.1) is 0 Å². The maximum Gasteiger partial charge on any atom is 0.416 e. The van der Waals surface area contributed by atoms with Crippen molar-refractivity contribution in [1.82, 2.24) is 15.0 Å². The molecule has 1 aromatic heterocycles. The summed E-state index contributed by atoms with van der Waals surface area (Å²) in [5, 5.41) is -0.357. The van der Waals surface area contributed by atoms with E-state index >= 15 is 0 Å². The van der Waals surface area contributed by atoms with Crippen molar-refractivity contribution in [3.63, 3.8) is 0 Å². The molecule has 2 rings (SSSR count). The second kappa shape index (κ2) is 4.70. The van der Waals surface area contributed by atoms with Gasteiger partial charge in [0.25, 0.3) is 0 Å². The first-order valence-electron chi connectivity index (χ1n) is 4.61. The molecule has 0 spiro atoms. The lowest BCUT2D eigenvalue weighted by Gasteiger charge is -2.08. The second-order valence-electron chi connectivity index (χ2n) is 3.28. The van der Waals surface area contributed by atoms with Crippen LogP contribution in [0.2, 0.25) is 10.6 Å². The molecule has 0 fully saturated rings. The lowest BCUT2D eigenvalue weighted by molar-refractivity contribution is -0.137. The zero-order chi connectivity index (χ0) is 13.3. The van der Waals surface area contributed by atoms with Gasteiger partial charge >= 0.3 is 6.18 Å². The lowest BCUT2D eigenvalue weighted by Crippen LogP contribution is -2.05. The van der Waals surface area contributed by atoms with E-state index in [0.717, 1.165) is 12.1 Å². The van der Waals surface area contributed by atoms with Crippen molar-refractivity contribution in [1.29, 1.82) is 0 Å². The minimum atomic E-state index is -4.43. The SMILES string of the molecule is FC(F)(F)c1cccc(-c2nc(Cl)nc(Cl)n2)c1. The average molecular weight is 294 g/mol. The van der Waals surface area contributed by atoms with Crippen LogP contribution in [0.1, 0.15) is 5.56 Å². The monoisotopic (exact) mass is 293 g/mol. The molecule has 3 nitrogen and oxygen atoms in total. The van der Waals surface area contributed by atoms with Crippen LogP contribution in [-0.4, -0.2) is 15.0 Å². The fourth-order valence-electron chi connectivity index (χ4n) is 1.29. The minimum Gasteiger partial charge on any atom is -0.198 e. The van der Waals surface area contributed by atoms with Gasteiger partial charge in [-0.2, -0.15) is 28.1 Å². The van der Waals surface area contributed by atoms with Crippen LogP contribution < -0.4 is 0 Å². The molecule has 1 heterocycles. The molecule has 8 heteroatoms. The number of aromatic nitrogens is 3. The fourth-order valence-corrected chi connectivity index (χ4v) is 1.65. The summed E-state index contributed by atoms with van der Waals surface area (Å²) < 4.78 is 37.6. The Morgan fingerprint density at radius 3 is 2.11 bits per heavy atom. The molecule has 0 saturated heterocycles. The quantitative estimate of drug-likeness (QED) is 0.801. The minimum absolute atomic E-state index is 0.00824. The molecule has 0 atom stereocenters. The van der Waals surface area contributed by atoms with Gasteiger partial charge in [0.15, 0.2) is 5.82 Å². The molecule has 0 radical (unpaired) electrons. The van der Waals surface area contributed by atoms with Crippen LogP contribution >= 0.6 is 23.2 Å². The molecule has 2 aromatic rings. The van der Waals surface area contributed by atoms with Crippen LogP contribution in [0.3, 0.4) is 0 Å². The molecule has 0 amide bonds. The maximum atomic E-state index is 12.5. The topological polar surface area (TPSA) is 38.7 Å². The first kappa shape index (κ1) is 13.0. The van der Waals surface area contributed by atoms with Crippen molar-refractivity contribution in [2.45, 2.75) is 6.18 Å². The van der Waals surface area contributed by atoms with Crippen molar-refractivity contribution in [2.75, 3.05) is 0 Å². The van der Waals surface area contributed by atoms with E-state index < -0.39 is 11.7 Å². The zero-order valence-corrected chi connectivity index (χ0v) is 10.1. The Morgan fingerprint density at radius 2 is 1.56 bits per heavy atom. The van der Waals surface area contributed by atoms with E-state index in [1.165, 1.54) is 12.1 Å². The van der Waals surface area contributed by atoms with Gasteiger partial charge < -0.3 is 0 Å². The van der Waals surface area contributed by atoms with E-state index in [2.05, 4.69) is 15.0 Å². The highest BCUT2D eigenvalue weighted by molar-refractivity contribution is 6.31. The summed E-state index contributed by atoms with van der Waals surface area (Å²) in [7, 11) is 0. The summed E-state index contributed by atoms with van der Waals surface area (Å²) in [5.74, 6) is -0.00824. The van der Waals surface area contributed by atoms with Gasteiger partial charge in [-0.3, -0.25) is 0 Å². The van der Waals surface area contributed by atoms with Crippen LogP contribution in [-0.2, 0) is 6.18 Å². The average Bonchev–Trinajstić information content (AvgIpc) is 2.27. The fraction of sp³-hybridized carbons (Fsp3) is 0.100. The van der Waals surface area contributed by atoms with Gasteiger partial charge in [-0.25, -0.2) is 0 Å². The highest BCUT2D eigenvalue weighted by Gasteiger charge is 2.30. The molecule has 94 valence electrons. The summed E-state index contributed by atoms with van der Waals surface area (Å²) in [6, 6.07) is 4.55. The predicted molar refractivity (Wildman–Crippen MR) is 60.3 cm³/mol. The predicted octanol–water partition coefficient (Wildman–Crippen LogP) is 3.86. The Balaban J connectivity index is 2.51. The van der Waals surface area contributed by atoms with Crippen molar-refractivity contribution in [3.8, 4) is 11.4 Å². The number of alkyl halides is 3. The van der Waals surface area contributed by atoms with Crippen molar-refractivity contribution >= 4 is 23.2 Å². The Kier molecular flexibility index (Phi) is 3.41. The van der Waals surface area contributed by atoms with Gasteiger partial charge in [-0.1, -0.05) is 12.1 Å². The van der Waals surface area contributed by atoms with Gasteiger partial charge in [0.2, 0.25) is 10.6 Å². The number of benzene rings is 1. The molecule has 0 saturated carbocycles. The largest absolute Gasteiger partial charge is 0.416 e. The molecule has 1 aromatic carbocycles. The maximum absolute atomic E-state index is 12.5. The summed E-state index contributed by atoms with van der Waals surface area (Å²) in [6.07, 6.45) is -4.43. The molecule has 0 aliphatic carbocycles. The van der Waals surface area contributed by atoms with E-state index in [1.807, 2.05) is 0 Å². The highest BCUT2D eigenvalue weighted by atomic mass is 35.5. The third-order valence-electron chi connectivity index (χ3n) is 2.03. The van der Waals surface area contributed by atoms with Crippen LogP contribution in [0.25, 0.3) is 11.4 Å². The van der Waals surface area contributed by atoms with Crippen LogP contribution in [0.5, 0.6) is 0 Å². The van der Waals surface area contributed by atoms with E-state index in [9.17, 15) is 13.2 Å². The summed E-state index contributed by atoms with van der Waals surface area (Å²) in [5.41, 5.74) is -0.635. The van der Waals surface area contributed by atoms with Crippen molar-refractivity contribution in [3.05, 3.63) is 40.4 Å². The number of hydrogen-bond acceptors (Lipinski definition) is 3. The Hall–Kier alpha value is -1.40. The Bertz CT molecular complexity index is 567. The molecule has 0 unspecified atom stereocenters. The van der Waals surface area contributed by atoms with Crippen molar-refractivity contribution < 1.29 is 13.2 Å². The first-order valence-corrected chi connectivity index (χ1v) is 5.36. The van der Waals surface area contributed by atoms with Crippen molar-refractivity contribution in [2.24, 2.45) is 0 Å². The standard InChI is InChI=1S/C10H4Cl2F3N3/c11-8-16-7(17-9(12)18-8)5-2-1-3-6(4-5)10(13,14)15/h1-4H. The third kappa shape index (κ3) is 2.88. The molecule has 18 heavy (non-hydrogen) atoms. The lowest BCUT2D eigenvalue weighted by atomic mass is 10.1. The number of nitrogens with zero attached hydrogens (tertiary/aromatic N) is 3. The van der Waals surface area contributed by atoms with Gasteiger partial charge in [-0.15, -0.1) is 0 Å². The van der Waals surface area contributed by atoms with Crippen LogP contribution in [0.4, 0.5) is 13.2 Å². The normalized spacial score (nSPS) is 11.6. The van der Waals surface area contributed by atoms with Crippen LogP contribution in [0.15, 0.2) is 24.3 Å². The van der Waals surface area contributed by atoms with E-state index in [-0.39, 0.29) is 22.0 Å². The number of hydrogen-bond donors (Lipinski definition) is 0. The van der Waals surface area contributed by atoms with E-state index in [4.69, 9.17) is 23.2 Å². The van der Waals surface area contributed by atoms with E-state index in [1.54, 1.807) is 0 Å². The van der Waals surface area contributed by atoms with Gasteiger partial charge in [-0.05, 0) is 35.3 Å². The number of halogens is 5. The zero-order valence-electron chi connectivity index (χ0n) is 8.54. The molecule has 0 bridgehead atoms. The highest BCUT2D eigenvalue weighted by Crippen LogP contribution is 2.31. The summed E-state index contributed by atoms with van der Waals surface area (Å²) in [6.45, 7) is 0.